The maximum Gasteiger partial charge on any atom is 0.292 e. The summed E-state index contributed by atoms with van der Waals surface area (Å²) in [5, 5.41) is 4.39. The molecule has 2 N–H and O–H groups in total. The van der Waals surface area contributed by atoms with Gasteiger partial charge in [-0.25, -0.2) is 5.01 Å². The lowest BCUT2D eigenvalue weighted by Gasteiger charge is -2.27. The highest BCUT2D eigenvalue weighted by atomic mass is 35.5. The fourth-order valence-corrected chi connectivity index (χ4v) is 2.26. The second kappa shape index (κ2) is 6.50. The summed E-state index contributed by atoms with van der Waals surface area (Å²) in [5.41, 5.74) is 3.85. The molecule has 0 fully saturated rings. The maximum atomic E-state index is 12.3. The van der Waals surface area contributed by atoms with Crippen molar-refractivity contribution in [3.63, 3.8) is 0 Å². The Labute approximate surface area is 137 Å². The van der Waals surface area contributed by atoms with E-state index in [1.807, 2.05) is 6.07 Å². The Balaban J connectivity index is 1.77. The van der Waals surface area contributed by atoms with Crippen LogP contribution in [0.25, 0.3) is 0 Å². The molecule has 0 bridgehead atoms. The van der Waals surface area contributed by atoms with E-state index >= 15 is 0 Å². The van der Waals surface area contributed by atoms with Gasteiger partial charge in [0.05, 0.1) is 16.4 Å². The monoisotopic (exact) mass is 328 g/mol. The first-order valence-electron chi connectivity index (χ1n) is 6.90. The van der Waals surface area contributed by atoms with Gasteiger partial charge in [-0.3, -0.25) is 20.0 Å². The van der Waals surface area contributed by atoms with Gasteiger partial charge < -0.3 is 5.32 Å². The number of aliphatic imine (C=N–C) groups is 1. The quantitative estimate of drug-likeness (QED) is 0.907. The highest BCUT2D eigenvalue weighted by Gasteiger charge is 2.25. The first-order chi connectivity index (χ1) is 11.1. The average Bonchev–Trinajstić information content (AvgIpc) is 2.58. The summed E-state index contributed by atoms with van der Waals surface area (Å²) in [7, 11) is 0. The van der Waals surface area contributed by atoms with Crippen molar-refractivity contribution < 1.29 is 9.59 Å². The first-order valence-corrected chi connectivity index (χ1v) is 7.28. The molecule has 2 amide bonds. The largest absolute Gasteiger partial charge is 0.318 e. The van der Waals surface area contributed by atoms with Crippen LogP contribution in [0, 0.1) is 0 Å². The summed E-state index contributed by atoms with van der Waals surface area (Å²) in [6.45, 7) is -0.104. The van der Waals surface area contributed by atoms with E-state index in [4.69, 9.17) is 11.6 Å². The van der Waals surface area contributed by atoms with E-state index in [2.05, 4.69) is 15.7 Å². The third kappa shape index (κ3) is 3.32. The molecule has 0 radical (unpaired) electrons. The Hall–Kier alpha value is -2.86. The maximum absolute atomic E-state index is 12.3. The minimum atomic E-state index is -0.466. The molecule has 1 aliphatic heterocycles. The molecule has 1 aliphatic rings. The van der Waals surface area contributed by atoms with Crippen LogP contribution in [0.1, 0.15) is 0 Å². The van der Waals surface area contributed by atoms with Gasteiger partial charge >= 0.3 is 0 Å². The Bertz CT molecular complexity index is 777. The zero-order valence-electron chi connectivity index (χ0n) is 12.0. The van der Waals surface area contributed by atoms with E-state index in [1.165, 1.54) is 5.01 Å². The Morgan fingerprint density at radius 2 is 1.83 bits per heavy atom. The van der Waals surface area contributed by atoms with Gasteiger partial charge in [0.15, 0.2) is 0 Å². The van der Waals surface area contributed by atoms with Crippen molar-refractivity contribution in [2.24, 2.45) is 4.99 Å². The van der Waals surface area contributed by atoms with Crippen molar-refractivity contribution in [1.82, 2.24) is 5.43 Å². The average molecular weight is 329 g/mol. The number of hydrogen-bond donors (Lipinski definition) is 2. The number of nitrogens with zero attached hydrogens (tertiary/aromatic N) is 2. The number of hydrogen-bond acceptors (Lipinski definition) is 4. The van der Waals surface area contributed by atoms with E-state index in [0.717, 1.165) is 0 Å². The van der Waals surface area contributed by atoms with Gasteiger partial charge in [-0.1, -0.05) is 41.9 Å². The Morgan fingerprint density at radius 1 is 1.13 bits per heavy atom. The highest BCUT2D eigenvalue weighted by Crippen LogP contribution is 2.20. The third-order valence-electron chi connectivity index (χ3n) is 3.19. The van der Waals surface area contributed by atoms with Crippen LogP contribution in [0.4, 0.5) is 11.4 Å². The van der Waals surface area contributed by atoms with Crippen molar-refractivity contribution >= 4 is 40.6 Å². The number of nitrogens with one attached hydrogen (secondary N) is 2. The van der Waals surface area contributed by atoms with Crippen molar-refractivity contribution in [3.8, 4) is 0 Å². The molecule has 0 saturated carbocycles. The Kier molecular flexibility index (Phi) is 4.25. The predicted octanol–water partition coefficient (Wildman–Crippen LogP) is 2.23. The van der Waals surface area contributed by atoms with Gasteiger partial charge in [0, 0.05) is 0 Å². The molecular weight excluding hydrogens is 316 g/mol. The predicted molar refractivity (Wildman–Crippen MR) is 89.4 cm³/mol. The molecule has 2 aromatic rings. The van der Waals surface area contributed by atoms with Gasteiger partial charge in [0.2, 0.25) is 5.84 Å². The molecule has 6 nitrogen and oxygen atoms in total. The van der Waals surface area contributed by atoms with Crippen LogP contribution < -0.4 is 15.8 Å². The molecule has 0 unspecified atom stereocenters. The highest BCUT2D eigenvalue weighted by molar-refractivity contribution is 6.44. The number of carbonyl (C=O) groups is 2. The second-order valence-corrected chi connectivity index (χ2v) is 5.18. The fraction of sp³-hybridized carbons (Fsp3) is 0.0625. The molecule has 2 aromatic carbocycles. The van der Waals surface area contributed by atoms with Gasteiger partial charge in [0.25, 0.3) is 11.8 Å². The summed E-state index contributed by atoms with van der Waals surface area (Å²) < 4.78 is 0. The molecule has 3 rings (SSSR count). The zero-order chi connectivity index (χ0) is 16.2. The summed E-state index contributed by atoms with van der Waals surface area (Å²) in [4.78, 5) is 28.3. The van der Waals surface area contributed by atoms with Crippen molar-refractivity contribution in [2.75, 3.05) is 16.9 Å². The number of amidine groups is 1. The number of amides is 2. The van der Waals surface area contributed by atoms with Crippen LogP contribution in [0.15, 0.2) is 59.6 Å². The number of carbonyl (C=O) groups excluding carboxylic acids is 2. The lowest BCUT2D eigenvalue weighted by Crippen LogP contribution is -2.54. The number of para-hydroxylation sites is 2. The van der Waals surface area contributed by atoms with E-state index in [1.54, 1.807) is 48.5 Å². The van der Waals surface area contributed by atoms with Gasteiger partial charge in [-0.2, -0.15) is 0 Å². The van der Waals surface area contributed by atoms with Crippen LogP contribution in [0.3, 0.4) is 0 Å². The number of halogens is 1. The van der Waals surface area contributed by atoms with E-state index in [0.29, 0.717) is 16.4 Å². The van der Waals surface area contributed by atoms with Crippen molar-refractivity contribution in [2.45, 2.75) is 0 Å². The molecule has 23 heavy (non-hydrogen) atoms. The summed E-state index contributed by atoms with van der Waals surface area (Å²) in [6.07, 6.45) is 0. The first kappa shape index (κ1) is 15.1. The molecule has 7 heteroatoms. The topological polar surface area (TPSA) is 73.8 Å². The van der Waals surface area contributed by atoms with Crippen LogP contribution in [-0.2, 0) is 9.59 Å². The second-order valence-electron chi connectivity index (χ2n) is 4.78. The zero-order valence-corrected chi connectivity index (χ0v) is 12.7. The standard InChI is InChI=1S/C16H13ClN4O2/c17-12-8-4-5-9-13(12)19-16(23)15-18-10-14(22)21(20-15)11-6-2-1-3-7-11/h1-9H,10H2,(H,18,20)(H,19,23). The minimum absolute atomic E-state index is 0.0494. The summed E-state index contributed by atoms with van der Waals surface area (Å²) in [6, 6.07) is 15.9. The molecule has 0 aliphatic carbocycles. The lowest BCUT2D eigenvalue weighted by atomic mass is 10.3. The molecule has 0 saturated heterocycles. The minimum Gasteiger partial charge on any atom is -0.318 e. The fourth-order valence-electron chi connectivity index (χ4n) is 2.07. The molecule has 0 atom stereocenters. The van der Waals surface area contributed by atoms with E-state index < -0.39 is 5.91 Å². The number of rotatable bonds is 3. The molecular formula is C16H13ClN4O2. The number of anilines is 2. The van der Waals surface area contributed by atoms with Gasteiger partial charge in [0.1, 0.15) is 6.54 Å². The summed E-state index contributed by atoms with van der Waals surface area (Å²) >= 11 is 6.02. The van der Waals surface area contributed by atoms with Crippen LogP contribution >= 0.6 is 11.6 Å². The van der Waals surface area contributed by atoms with Crippen LogP contribution in [0.2, 0.25) is 5.02 Å². The normalized spacial score (nSPS) is 14.0. The number of benzene rings is 2. The summed E-state index contributed by atoms with van der Waals surface area (Å²) in [5.74, 6) is -0.662. The molecule has 1 heterocycles. The van der Waals surface area contributed by atoms with Gasteiger partial charge in [-0.05, 0) is 24.3 Å². The molecule has 116 valence electrons. The smallest absolute Gasteiger partial charge is 0.292 e. The van der Waals surface area contributed by atoms with Crippen molar-refractivity contribution in [1.29, 1.82) is 0 Å². The van der Waals surface area contributed by atoms with Crippen molar-refractivity contribution in [3.05, 3.63) is 59.6 Å². The SMILES string of the molecule is O=C(Nc1ccccc1Cl)C1=NCC(=O)N(c2ccccc2)N1. The molecule has 0 aromatic heterocycles. The van der Waals surface area contributed by atoms with Gasteiger partial charge in [-0.15, -0.1) is 0 Å². The van der Waals surface area contributed by atoms with E-state index in [9.17, 15) is 9.59 Å². The lowest BCUT2D eigenvalue weighted by molar-refractivity contribution is -0.118. The third-order valence-corrected chi connectivity index (χ3v) is 3.52. The van der Waals surface area contributed by atoms with Crippen LogP contribution in [-0.4, -0.2) is 24.2 Å². The van der Waals surface area contributed by atoms with E-state index in [-0.39, 0.29) is 18.3 Å². The Morgan fingerprint density at radius 3 is 2.57 bits per heavy atom. The number of hydrazine groups is 1. The van der Waals surface area contributed by atoms with Crippen LogP contribution in [0.5, 0.6) is 0 Å². The molecule has 0 spiro atoms.